The fourth-order valence-corrected chi connectivity index (χ4v) is 7.43. The molecule has 0 aliphatic carbocycles. The highest BCUT2D eigenvalue weighted by atomic mass is 31.2. The second-order valence-corrected chi connectivity index (χ2v) is 17.1. The van der Waals surface area contributed by atoms with Crippen molar-refractivity contribution in [1.29, 1.82) is 0 Å². The first-order chi connectivity index (χ1) is 27.4. The van der Waals surface area contributed by atoms with E-state index in [1.807, 2.05) is 0 Å². The van der Waals surface area contributed by atoms with Crippen molar-refractivity contribution >= 4 is 13.8 Å². The molecule has 330 valence electrons. The normalized spacial score (nSPS) is 13.7. The van der Waals surface area contributed by atoms with Gasteiger partial charge in [0.1, 0.15) is 6.10 Å². The highest BCUT2D eigenvalue weighted by Gasteiger charge is 2.25. The highest BCUT2D eigenvalue weighted by molar-refractivity contribution is 7.47. The first kappa shape index (κ1) is 54.7. The Morgan fingerprint density at radius 3 is 1.50 bits per heavy atom. The van der Waals surface area contributed by atoms with E-state index in [1.165, 1.54) is 148 Å². The Morgan fingerprint density at radius 2 is 1.00 bits per heavy atom. The van der Waals surface area contributed by atoms with Gasteiger partial charge in [0.2, 0.25) is 0 Å². The van der Waals surface area contributed by atoms with Gasteiger partial charge in [-0.05, 0) is 44.9 Å². The van der Waals surface area contributed by atoms with Crippen LogP contribution in [0, 0.1) is 0 Å². The van der Waals surface area contributed by atoms with Crippen LogP contribution in [0.1, 0.15) is 219 Å². The third-order valence-electron chi connectivity index (χ3n) is 10.1. The molecule has 2 unspecified atom stereocenters. The summed E-state index contributed by atoms with van der Waals surface area (Å²) in [7, 11) is -4.28. The topological polar surface area (TPSA) is 117 Å². The third-order valence-corrected chi connectivity index (χ3v) is 11.1. The summed E-state index contributed by atoms with van der Waals surface area (Å²) in [6, 6.07) is 0. The standard InChI is InChI=1S/C47H90NO7P/c1-3-5-7-9-11-13-15-17-19-21-23-24-26-28-30-32-34-36-38-40-47(49)55-46(45-54-56(50,51)53-43-41-48)44-52-42-39-37-35-33-31-29-27-25-22-20-18-16-14-12-10-8-6-4-2/h6,8,12,14,18,20,46H,3-5,7,9-11,13,15-17,19,21-45,48H2,1-2H3,(H,50,51)/b8-6-,14-12-,20-18-. The van der Waals surface area contributed by atoms with Crippen LogP contribution < -0.4 is 5.73 Å². The predicted molar refractivity (Wildman–Crippen MR) is 238 cm³/mol. The van der Waals surface area contributed by atoms with E-state index >= 15 is 0 Å². The van der Waals surface area contributed by atoms with Crippen LogP contribution in [0.25, 0.3) is 0 Å². The van der Waals surface area contributed by atoms with Crippen LogP contribution in [-0.4, -0.2) is 49.9 Å². The molecule has 0 aromatic carbocycles. The van der Waals surface area contributed by atoms with Crippen LogP contribution in [0.4, 0.5) is 0 Å². The number of rotatable bonds is 45. The molecule has 0 aromatic rings. The lowest BCUT2D eigenvalue weighted by atomic mass is 10.0. The van der Waals surface area contributed by atoms with E-state index in [9.17, 15) is 14.3 Å². The van der Waals surface area contributed by atoms with Gasteiger partial charge in [0.15, 0.2) is 0 Å². The Hall–Kier alpha value is -1.28. The number of hydrogen-bond donors (Lipinski definition) is 2. The molecule has 0 aliphatic heterocycles. The largest absolute Gasteiger partial charge is 0.472 e. The Morgan fingerprint density at radius 1 is 0.554 bits per heavy atom. The minimum atomic E-state index is -4.28. The predicted octanol–water partition coefficient (Wildman–Crippen LogP) is 14.2. The molecule has 0 heterocycles. The Labute approximate surface area is 346 Å². The van der Waals surface area contributed by atoms with E-state index in [1.54, 1.807) is 0 Å². The van der Waals surface area contributed by atoms with Crippen molar-refractivity contribution in [2.45, 2.75) is 225 Å². The average molecular weight is 812 g/mol. The number of esters is 1. The fourth-order valence-electron chi connectivity index (χ4n) is 6.66. The maximum atomic E-state index is 12.6. The van der Waals surface area contributed by atoms with Crippen molar-refractivity contribution < 1.29 is 32.8 Å². The second kappa shape index (κ2) is 44.8. The van der Waals surface area contributed by atoms with Gasteiger partial charge in [0.05, 0.1) is 19.8 Å². The molecule has 0 radical (unpaired) electrons. The quantitative estimate of drug-likeness (QED) is 0.0270. The summed E-state index contributed by atoms with van der Waals surface area (Å²) in [6.07, 6.45) is 51.7. The molecule has 3 N–H and O–H groups in total. The zero-order valence-corrected chi connectivity index (χ0v) is 37.5. The molecule has 0 spiro atoms. The van der Waals surface area contributed by atoms with Crippen molar-refractivity contribution in [1.82, 2.24) is 0 Å². The van der Waals surface area contributed by atoms with Crippen LogP contribution in [0.15, 0.2) is 36.5 Å². The monoisotopic (exact) mass is 812 g/mol. The molecule has 0 saturated heterocycles. The van der Waals surface area contributed by atoms with Crippen molar-refractivity contribution in [3.8, 4) is 0 Å². The van der Waals surface area contributed by atoms with Crippen molar-refractivity contribution in [3.63, 3.8) is 0 Å². The van der Waals surface area contributed by atoms with E-state index < -0.39 is 13.9 Å². The third kappa shape index (κ3) is 43.8. The summed E-state index contributed by atoms with van der Waals surface area (Å²) < 4.78 is 33.5. The molecular formula is C47H90NO7P. The average Bonchev–Trinajstić information content (AvgIpc) is 3.19. The molecule has 9 heteroatoms. The van der Waals surface area contributed by atoms with Crippen LogP contribution in [0.5, 0.6) is 0 Å². The van der Waals surface area contributed by atoms with Crippen LogP contribution >= 0.6 is 7.82 Å². The Balaban J connectivity index is 3.97. The lowest BCUT2D eigenvalue weighted by Gasteiger charge is -2.20. The first-order valence-corrected chi connectivity index (χ1v) is 25.0. The number of carbonyl (C=O) groups is 1. The van der Waals surface area contributed by atoms with Gasteiger partial charge in [-0.15, -0.1) is 0 Å². The van der Waals surface area contributed by atoms with Crippen LogP contribution in [-0.2, 0) is 27.9 Å². The Bertz CT molecular complexity index is 957. The zero-order valence-electron chi connectivity index (χ0n) is 36.6. The summed E-state index contributed by atoms with van der Waals surface area (Å²) >= 11 is 0. The summed E-state index contributed by atoms with van der Waals surface area (Å²) in [5, 5.41) is 0. The van der Waals surface area contributed by atoms with Crippen molar-refractivity contribution in [2.24, 2.45) is 5.73 Å². The SMILES string of the molecule is CC/C=C\C/C=C\C/C=C\CCCCCCCCCCOCC(COP(=O)(O)OCCN)OC(=O)CCCCCCCCCCCCCCCCCCCCC. The van der Waals surface area contributed by atoms with Gasteiger partial charge in [0.25, 0.3) is 0 Å². The van der Waals surface area contributed by atoms with Crippen LogP contribution in [0.2, 0.25) is 0 Å². The van der Waals surface area contributed by atoms with Gasteiger partial charge in [-0.25, -0.2) is 4.57 Å². The molecule has 0 saturated carbocycles. The molecule has 0 aliphatic rings. The number of carbonyl (C=O) groups excluding carboxylic acids is 1. The van der Waals surface area contributed by atoms with Crippen molar-refractivity contribution in [2.75, 3.05) is 33.0 Å². The highest BCUT2D eigenvalue weighted by Crippen LogP contribution is 2.43. The number of nitrogens with two attached hydrogens (primary N) is 1. The number of hydrogen-bond acceptors (Lipinski definition) is 7. The maximum Gasteiger partial charge on any atom is 0.472 e. The number of unbranched alkanes of at least 4 members (excludes halogenated alkanes) is 26. The molecule has 0 bridgehead atoms. The van der Waals surface area contributed by atoms with Crippen LogP contribution in [0.3, 0.4) is 0 Å². The summed E-state index contributed by atoms with van der Waals surface area (Å²) in [5.41, 5.74) is 5.38. The smallest absolute Gasteiger partial charge is 0.457 e. The van der Waals surface area contributed by atoms with E-state index in [0.717, 1.165) is 51.4 Å². The lowest BCUT2D eigenvalue weighted by molar-refractivity contribution is -0.154. The maximum absolute atomic E-state index is 12.6. The van der Waals surface area contributed by atoms with Gasteiger partial charge in [0, 0.05) is 19.6 Å². The molecule has 56 heavy (non-hydrogen) atoms. The molecule has 8 nitrogen and oxygen atoms in total. The number of phosphoric ester groups is 1. The van der Waals surface area contributed by atoms with E-state index in [-0.39, 0.29) is 32.3 Å². The van der Waals surface area contributed by atoms with Gasteiger partial charge < -0.3 is 20.1 Å². The number of allylic oxidation sites excluding steroid dienone is 6. The summed E-state index contributed by atoms with van der Waals surface area (Å²) in [6.45, 7) is 4.83. The number of ether oxygens (including phenoxy) is 2. The zero-order chi connectivity index (χ0) is 40.9. The number of phosphoric acid groups is 1. The van der Waals surface area contributed by atoms with Gasteiger partial charge >= 0.3 is 13.8 Å². The van der Waals surface area contributed by atoms with E-state index in [0.29, 0.717) is 13.0 Å². The minimum Gasteiger partial charge on any atom is -0.457 e. The van der Waals surface area contributed by atoms with Gasteiger partial charge in [-0.2, -0.15) is 0 Å². The molecule has 0 amide bonds. The lowest BCUT2D eigenvalue weighted by Crippen LogP contribution is -2.28. The molecule has 0 fully saturated rings. The minimum absolute atomic E-state index is 0.0959. The fraction of sp³-hybridized carbons (Fsp3) is 0.851. The summed E-state index contributed by atoms with van der Waals surface area (Å²) in [4.78, 5) is 22.5. The summed E-state index contributed by atoms with van der Waals surface area (Å²) in [5.74, 6) is -0.330. The van der Waals surface area contributed by atoms with Gasteiger partial charge in [-0.3, -0.25) is 13.8 Å². The molecule has 0 aromatic heterocycles. The second-order valence-electron chi connectivity index (χ2n) is 15.6. The van der Waals surface area contributed by atoms with Gasteiger partial charge in [-0.1, -0.05) is 204 Å². The molecular weight excluding hydrogens is 721 g/mol. The van der Waals surface area contributed by atoms with Crippen molar-refractivity contribution in [3.05, 3.63) is 36.5 Å². The molecule has 0 rings (SSSR count). The first-order valence-electron chi connectivity index (χ1n) is 23.5. The van der Waals surface area contributed by atoms with E-state index in [4.69, 9.17) is 24.3 Å². The van der Waals surface area contributed by atoms with E-state index in [2.05, 4.69) is 50.3 Å². The Kier molecular flexibility index (Phi) is 43.8. The molecule has 2 atom stereocenters.